The average molecular weight is 604 g/mol. The Kier molecular flexibility index (Phi) is 7.49. The number of hydrogen-bond acceptors (Lipinski definition) is 6. The molecule has 3 rings (SSSR count). The van der Waals surface area contributed by atoms with Crippen molar-refractivity contribution in [1.82, 2.24) is 20.2 Å². The van der Waals surface area contributed by atoms with Crippen LogP contribution in [-0.4, -0.2) is 37.7 Å². The summed E-state index contributed by atoms with van der Waals surface area (Å²) in [6.07, 6.45) is 1.38. The Morgan fingerprint density at radius 2 is 2.03 bits per heavy atom. The second kappa shape index (κ2) is 9.88. The molecule has 0 aliphatic rings. The summed E-state index contributed by atoms with van der Waals surface area (Å²) in [5, 5.41) is 22.9. The average Bonchev–Trinajstić information content (AvgIpc) is 3.04. The van der Waals surface area contributed by atoms with E-state index in [4.69, 9.17) is 0 Å². The number of phenols is 1. The molecule has 0 bridgehead atoms. The number of halogens is 3. The zero-order valence-corrected chi connectivity index (χ0v) is 20.5. The number of aromatic hydroxyl groups is 1. The quantitative estimate of drug-likeness (QED) is 0.242. The van der Waals surface area contributed by atoms with E-state index in [-0.39, 0.29) is 17.4 Å². The number of carbonyl (C=O) groups is 1. The second-order valence-electron chi connectivity index (χ2n) is 5.78. The smallest absolute Gasteiger partial charge is 0.250 e. The molecule has 0 radical (unpaired) electrons. The minimum Gasteiger partial charge on any atom is -0.506 e. The summed E-state index contributed by atoms with van der Waals surface area (Å²) in [4.78, 5) is 12.1. The number of hydrazone groups is 1. The Balaban J connectivity index is 1.59. The number of rotatable bonds is 6. The molecule has 1 heterocycles. The van der Waals surface area contributed by atoms with E-state index in [0.29, 0.717) is 21.0 Å². The van der Waals surface area contributed by atoms with Crippen LogP contribution in [0.25, 0.3) is 11.4 Å². The van der Waals surface area contributed by atoms with Crippen molar-refractivity contribution in [2.75, 3.05) is 5.75 Å². The van der Waals surface area contributed by atoms with Crippen LogP contribution in [0.3, 0.4) is 0 Å². The third-order valence-electron chi connectivity index (χ3n) is 3.70. The van der Waals surface area contributed by atoms with Crippen molar-refractivity contribution in [3.63, 3.8) is 0 Å². The Labute approximate surface area is 196 Å². The fourth-order valence-electron chi connectivity index (χ4n) is 2.34. The monoisotopic (exact) mass is 601 g/mol. The molecule has 1 amide bonds. The zero-order valence-electron chi connectivity index (χ0n) is 14.9. The second-order valence-corrected chi connectivity index (χ2v) is 9.41. The molecule has 0 unspecified atom stereocenters. The van der Waals surface area contributed by atoms with Gasteiger partial charge in [0.25, 0.3) is 5.91 Å². The maximum absolute atomic E-state index is 12.1. The third-order valence-corrected chi connectivity index (χ3v) is 6.28. The number of phenolic OH excluding ortho intramolecular Hbond substituents is 1. The van der Waals surface area contributed by atoms with Crippen molar-refractivity contribution in [2.45, 2.75) is 5.16 Å². The third kappa shape index (κ3) is 5.68. The van der Waals surface area contributed by atoms with E-state index in [1.165, 1.54) is 18.0 Å². The van der Waals surface area contributed by atoms with Crippen molar-refractivity contribution < 1.29 is 9.90 Å². The number of nitrogens with zero attached hydrogens (tertiary/aromatic N) is 4. The number of amides is 1. The van der Waals surface area contributed by atoms with Crippen LogP contribution in [0.1, 0.15) is 5.56 Å². The number of nitrogens with one attached hydrogen (secondary N) is 1. The van der Waals surface area contributed by atoms with Crippen LogP contribution in [-0.2, 0) is 11.8 Å². The molecule has 2 N–H and O–H groups in total. The first-order valence-electron chi connectivity index (χ1n) is 8.13. The number of benzene rings is 2. The van der Waals surface area contributed by atoms with Gasteiger partial charge in [-0.3, -0.25) is 4.79 Å². The van der Waals surface area contributed by atoms with Gasteiger partial charge in [0.1, 0.15) is 5.75 Å². The lowest BCUT2D eigenvalue weighted by Crippen LogP contribution is -2.19. The normalized spacial score (nSPS) is 11.2. The van der Waals surface area contributed by atoms with Crippen LogP contribution in [0.4, 0.5) is 0 Å². The van der Waals surface area contributed by atoms with Crippen molar-refractivity contribution in [2.24, 2.45) is 12.1 Å². The molecule has 0 fully saturated rings. The summed E-state index contributed by atoms with van der Waals surface area (Å²) in [5.41, 5.74) is 3.83. The van der Waals surface area contributed by atoms with E-state index in [9.17, 15) is 9.90 Å². The highest BCUT2D eigenvalue weighted by Crippen LogP contribution is 2.30. The molecule has 0 saturated heterocycles. The number of aromatic nitrogens is 3. The first-order valence-corrected chi connectivity index (χ1v) is 11.5. The standard InChI is InChI=1S/C18H14Br3N5O2S/c1-26-17(10-3-2-4-12(19)5-10)24-25-18(26)29-9-15(27)23-22-8-11-6-13(20)7-14(21)16(11)28/h2-8,28H,9H2,1H3,(H,23,27)/b22-8-. The lowest BCUT2D eigenvalue weighted by atomic mass is 10.2. The van der Waals surface area contributed by atoms with E-state index in [2.05, 4.69) is 68.5 Å². The van der Waals surface area contributed by atoms with Crippen LogP contribution in [0, 0.1) is 0 Å². The van der Waals surface area contributed by atoms with Crippen molar-refractivity contribution in [3.05, 3.63) is 55.4 Å². The van der Waals surface area contributed by atoms with Crippen LogP contribution >= 0.6 is 59.6 Å². The van der Waals surface area contributed by atoms with Gasteiger partial charge in [0.05, 0.1) is 16.4 Å². The summed E-state index contributed by atoms with van der Waals surface area (Å²) in [7, 11) is 1.85. The molecule has 0 saturated carbocycles. The predicted octanol–water partition coefficient (Wildman–Crippen LogP) is 4.72. The van der Waals surface area contributed by atoms with Gasteiger partial charge in [0.2, 0.25) is 0 Å². The highest BCUT2D eigenvalue weighted by atomic mass is 79.9. The van der Waals surface area contributed by atoms with Gasteiger partial charge in [-0.25, -0.2) is 5.43 Å². The molecule has 0 aliphatic carbocycles. The predicted molar refractivity (Wildman–Crippen MR) is 124 cm³/mol. The van der Waals surface area contributed by atoms with E-state index in [1.54, 1.807) is 12.1 Å². The summed E-state index contributed by atoms with van der Waals surface area (Å²) in [5.74, 6) is 0.574. The van der Waals surface area contributed by atoms with E-state index in [1.807, 2.05) is 35.9 Å². The maximum Gasteiger partial charge on any atom is 0.250 e. The number of carbonyl (C=O) groups excluding carboxylic acids is 1. The summed E-state index contributed by atoms with van der Waals surface area (Å²) in [6.45, 7) is 0. The minimum atomic E-state index is -0.299. The Morgan fingerprint density at radius 1 is 1.24 bits per heavy atom. The molecule has 0 aliphatic heterocycles. The lowest BCUT2D eigenvalue weighted by molar-refractivity contribution is -0.118. The van der Waals surface area contributed by atoms with Gasteiger partial charge >= 0.3 is 0 Å². The molecule has 29 heavy (non-hydrogen) atoms. The minimum absolute atomic E-state index is 0.0414. The first-order chi connectivity index (χ1) is 13.8. The molecule has 7 nitrogen and oxygen atoms in total. The Bertz CT molecular complexity index is 1090. The highest BCUT2D eigenvalue weighted by molar-refractivity contribution is 9.11. The summed E-state index contributed by atoms with van der Waals surface area (Å²) < 4.78 is 4.08. The zero-order chi connectivity index (χ0) is 21.0. The molecule has 2 aromatic carbocycles. The van der Waals surface area contributed by atoms with E-state index < -0.39 is 0 Å². The fraction of sp³-hybridized carbons (Fsp3) is 0.111. The molecular weight excluding hydrogens is 590 g/mol. The summed E-state index contributed by atoms with van der Waals surface area (Å²) in [6, 6.07) is 11.2. The van der Waals surface area contributed by atoms with Gasteiger partial charge in [-0.1, -0.05) is 55.8 Å². The van der Waals surface area contributed by atoms with Crippen LogP contribution < -0.4 is 5.43 Å². The van der Waals surface area contributed by atoms with Crippen molar-refractivity contribution in [3.8, 4) is 17.1 Å². The molecule has 3 aromatic rings. The van der Waals surface area contributed by atoms with E-state index >= 15 is 0 Å². The molecule has 1 aromatic heterocycles. The Hall–Kier alpha value is -1.69. The largest absolute Gasteiger partial charge is 0.506 e. The Morgan fingerprint density at radius 3 is 2.79 bits per heavy atom. The SMILES string of the molecule is Cn1c(SCC(=O)N/N=C\c2cc(Br)cc(Br)c2O)nnc1-c1cccc(Br)c1. The maximum atomic E-state index is 12.1. The number of hydrogen-bond donors (Lipinski definition) is 2. The van der Waals surface area contributed by atoms with E-state index in [0.717, 1.165) is 14.5 Å². The fourth-order valence-corrected chi connectivity index (χ4v) is 4.70. The number of thioether (sulfide) groups is 1. The topological polar surface area (TPSA) is 92.4 Å². The molecular formula is C18H14Br3N5O2S. The van der Waals surface area contributed by atoms with Crippen molar-refractivity contribution in [1.29, 1.82) is 0 Å². The van der Waals surface area contributed by atoms with Gasteiger partial charge in [-0.05, 0) is 40.2 Å². The van der Waals surface area contributed by atoms with Crippen LogP contribution in [0.2, 0.25) is 0 Å². The van der Waals surface area contributed by atoms with Gasteiger partial charge < -0.3 is 9.67 Å². The lowest BCUT2D eigenvalue weighted by Gasteiger charge is -2.04. The molecule has 0 spiro atoms. The van der Waals surface area contributed by atoms with Gasteiger partial charge in [-0.2, -0.15) is 5.10 Å². The molecule has 11 heteroatoms. The summed E-state index contributed by atoms with van der Waals surface area (Å²) >= 11 is 11.3. The van der Waals surface area contributed by atoms with Gasteiger partial charge in [0.15, 0.2) is 11.0 Å². The first kappa shape index (κ1) is 22.0. The highest BCUT2D eigenvalue weighted by Gasteiger charge is 2.13. The van der Waals surface area contributed by atoms with Crippen molar-refractivity contribution >= 4 is 71.7 Å². The van der Waals surface area contributed by atoms with Crippen LogP contribution in [0.15, 0.2) is 60.1 Å². The molecule has 150 valence electrons. The van der Waals surface area contributed by atoms with Crippen LogP contribution in [0.5, 0.6) is 5.75 Å². The molecule has 0 atom stereocenters. The van der Waals surface area contributed by atoms with Gasteiger partial charge in [0, 0.05) is 27.1 Å². The van der Waals surface area contributed by atoms with Gasteiger partial charge in [-0.15, -0.1) is 10.2 Å².